The summed E-state index contributed by atoms with van der Waals surface area (Å²) in [6.45, 7) is 8.21. The van der Waals surface area contributed by atoms with Crippen LogP contribution in [-0.4, -0.2) is 18.6 Å². The van der Waals surface area contributed by atoms with Crippen LogP contribution in [0.4, 0.5) is 15.2 Å². The first-order chi connectivity index (χ1) is 10.0. The van der Waals surface area contributed by atoms with Crippen LogP contribution in [-0.2, 0) is 6.54 Å². The summed E-state index contributed by atoms with van der Waals surface area (Å²) < 4.78 is 13.0. The second-order valence-corrected chi connectivity index (χ2v) is 6.34. The van der Waals surface area contributed by atoms with Crippen molar-refractivity contribution in [2.24, 2.45) is 0 Å². The monoisotopic (exact) mass is 307 g/mol. The van der Waals surface area contributed by atoms with E-state index in [1.807, 2.05) is 11.9 Å². The zero-order chi connectivity index (χ0) is 15.4. The number of halogens is 1. The molecule has 0 spiro atoms. The van der Waals surface area contributed by atoms with Gasteiger partial charge in [0.25, 0.3) is 0 Å². The van der Waals surface area contributed by atoms with Crippen molar-refractivity contribution < 1.29 is 4.39 Å². The van der Waals surface area contributed by atoms with E-state index in [1.54, 1.807) is 23.5 Å². The SMILES string of the molecule is CCNCc1sc(N(C)c2ccc(F)cc2)nc1C(C)C. The lowest BCUT2D eigenvalue weighted by atomic mass is 10.1. The molecule has 0 aliphatic heterocycles. The first-order valence-corrected chi connectivity index (χ1v) is 8.04. The van der Waals surface area contributed by atoms with Gasteiger partial charge in [0.2, 0.25) is 0 Å². The molecule has 2 rings (SSSR count). The normalized spacial score (nSPS) is 11.1. The lowest BCUT2D eigenvalue weighted by molar-refractivity contribution is 0.628. The van der Waals surface area contributed by atoms with Crippen LogP contribution in [0.3, 0.4) is 0 Å². The Labute approximate surface area is 129 Å². The summed E-state index contributed by atoms with van der Waals surface area (Å²) in [6.07, 6.45) is 0. The molecule has 0 unspecified atom stereocenters. The summed E-state index contributed by atoms with van der Waals surface area (Å²) in [6, 6.07) is 6.50. The predicted molar refractivity (Wildman–Crippen MR) is 88.0 cm³/mol. The summed E-state index contributed by atoms with van der Waals surface area (Å²) in [5, 5.41) is 4.30. The van der Waals surface area contributed by atoms with Gasteiger partial charge in [0.15, 0.2) is 5.13 Å². The quantitative estimate of drug-likeness (QED) is 0.863. The van der Waals surface area contributed by atoms with Crippen LogP contribution < -0.4 is 10.2 Å². The summed E-state index contributed by atoms with van der Waals surface area (Å²) in [5.41, 5.74) is 2.08. The molecule has 114 valence electrons. The summed E-state index contributed by atoms with van der Waals surface area (Å²) >= 11 is 1.69. The van der Waals surface area contributed by atoms with E-state index in [4.69, 9.17) is 4.98 Å². The Morgan fingerprint density at radius 2 is 1.95 bits per heavy atom. The summed E-state index contributed by atoms with van der Waals surface area (Å²) in [4.78, 5) is 8.05. The molecule has 0 fully saturated rings. The molecule has 1 heterocycles. The Hall–Kier alpha value is -1.46. The maximum atomic E-state index is 13.0. The van der Waals surface area contributed by atoms with E-state index < -0.39 is 0 Å². The van der Waals surface area contributed by atoms with Crippen molar-refractivity contribution in [3.05, 3.63) is 40.7 Å². The summed E-state index contributed by atoms with van der Waals surface area (Å²) in [7, 11) is 1.97. The fourth-order valence-electron chi connectivity index (χ4n) is 2.09. The van der Waals surface area contributed by atoms with E-state index in [0.717, 1.165) is 29.6 Å². The fourth-order valence-corrected chi connectivity index (χ4v) is 3.25. The van der Waals surface area contributed by atoms with Gasteiger partial charge in [-0.1, -0.05) is 32.1 Å². The number of aromatic nitrogens is 1. The highest BCUT2D eigenvalue weighted by atomic mass is 32.1. The van der Waals surface area contributed by atoms with Gasteiger partial charge in [-0.3, -0.25) is 0 Å². The molecular formula is C16H22FN3S. The first-order valence-electron chi connectivity index (χ1n) is 7.22. The van der Waals surface area contributed by atoms with E-state index in [9.17, 15) is 4.39 Å². The molecule has 1 N–H and O–H groups in total. The molecule has 0 saturated carbocycles. The number of thiazole rings is 1. The molecule has 0 aliphatic carbocycles. The van der Waals surface area contributed by atoms with Crippen molar-refractivity contribution >= 4 is 22.2 Å². The number of benzene rings is 1. The third kappa shape index (κ3) is 3.80. The van der Waals surface area contributed by atoms with Gasteiger partial charge in [-0.05, 0) is 36.7 Å². The lowest BCUT2D eigenvalue weighted by Gasteiger charge is -2.15. The number of hydrogen-bond acceptors (Lipinski definition) is 4. The number of rotatable bonds is 6. The van der Waals surface area contributed by atoms with Crippen LogP contribution in [0.25, 0.3) is 0 Å². The zero-order valence-corrected chi connectivity index (χ0v) is 13.8. The molecule has 1 aromatic heterocycles. The zero-order valence-electron chi connectivity index (χ0n) is 13.0. The van der Waals surface area contributed by atoms with Crippen LogP contribution >= 0.6 is 11.3 Å². The topological polar surface area (TPSA) is 28.2 Å². The molecule has 0 radical (unpaired) electrons. The average molecular weight is 307 g/mol. The molecule has 0 amide bonds. The van der Waals surface area contributed by atoms with Crippen LogP contribution in [0.1, 0.15) is 37.3 Å². The third-order valence-electron chi connectivity index (χ3n) is 3.30. The van der Waals surface area contributed by atoms with Crippen LogP contribution in [0.2, 0.25) is 0 Å². The Balaban J connectivity index is 2.28. The van der Waals surface area contributed by atoms with Gasteiger partial charge in [0.05, 0.1) is 5.69 Å². The minimum absolute atomic E-state index is 0.220. The fraction of sp³-hybridized carbons (Fsp3) is 0.438. The number of nitrogens with zero attached hydrogens (tertiary/aromatic N) is 2. The molecule has 1 aromatic carbocycles. The minimum Gasteiger partial charge on any atom is -0.321 e. The molecule has 21 heavy (non-hydrogen) atoms. The van der Waals surface area contributed by atoms with Crippen LogP contribution in [0, 0.1) is 5.82 Å². The molecule has 2 aromatic rings. The Kier molecular flexibility index (Phi) is 5.31. The molecule has 0 atom stereocenters. The second kappa shape index (κ2) is 7.00. The van der Waals surface area contributed by atoms with Crippen molar-refractivity contribution in [2.45, 2.75) is 33.2 Å². The summed E-state index contributed by atoms with van der Waals surface area (Å²) in [5.74, 6) is 0.173. The highest BCUT2D eigenvalue weighted by Crippen LogP contribution is 2.33. The Bertz CT molecular complexity index is 578. The molecule has 3 nitrogen and oxygen atoms in total. The third-order valence-corrected chi connectivity index (χ3v) is 4.45. The van der Waals surface area contributed by atoms with Gasteiger partial charge in [-0.25, -0.2) is 9.37 Å². The van der Waals surface area contributed by atoms with Crippen molar-refractivity contribution in [2.75, 3.05) is 18.5 Å². The van der Waals surface area contributed by atoms with Crippen molar-refractivity contribution in [3.63, 3.8) is 0 Å². The highest BCUT2D eigenvalue weighted by molar-refractivity contribution is 7.15. The minimum atomic E-state index is -0.220. The van der Waals surface area contributed by atoms with E-state index in [2.05, 4.69) is 26.1 Å². The van der Waals surface area contributed by atoms with E-state index >= 15 is 0 Å². The molecule has 0 aliphatic rings. The van der Waals surface area contributed by atoms with Gasteiger partial charge < -0.3 is 10.2 Å². The smallest absolute Gasteiger partial charge is 0.190 e. The van der Waals surface area contributed by atoms with Gasteiger partial charge in [-0.15, -0.1) is 0 Å². The number of anilines is 2. The van der Waals surface area contributed by atoms with E-state index in [0.29, 0.717) is 5.92 Å². The predicted octanol–water partition coefficient (Wildman–Crippen LogP) is 4.28. The Morgan fingerprint density at radius 3 is 2.52 bits per heavy atom. The van der Waals surface area contributed by atoms with Crippen molar-refractivity contribution in [1.29, 1.82) is 0 Å². The van der Waals surface area contributed by atoms with Crippen LogP contribution in [0.5, 0.6) is 0 Å². The lowest BCUT2D eigenvalue weighted by Crippen LogP contribution is -2.12. The average Bonchev–Trinajstić information content (AvgIpc) is 2.89. The standard InChI is InChI=1S/C16H22FN3S/c1-5-18-10-14-15(11(2)3)19-16(21-14)20(4)13-8-6-12(17)7-9-13/h6-9,11,18H,5,10H2,1-4H3. The Morgan fingerprint density at radius 1 is 1.29 bits per heavy atom. The molecular weight excluding hydrogens is 285 g/mol. The van der Waals surface area contributed by atoms with Gasteiger partial charge in [0.1, 0.15) is 5.82 Å². The van der Waals surface area contributed by atoms with E-state index in [1.165, 1.54) is 17.0 Å². The number of hydrogen-bond donors (Lipinski definition) is 1. The first kappa shape index (κ1) is 15.9. The van der Waals surface area contributed by atoms with Crippen molar-refractivity contribution in [3.8, 4) is 0 Å². The van der Waals surface area contributed by atoms with Crippen LogP contribution in [0.15, 0.2) is 24.3 Å². The largest absolute Gasteiger partial charge is 0.321 e. The van der Waals surface area contributed by atoms with Gasteiger partial charge in [-0.2, -0.15) is 0 Å². The molecule has 0 bridgehead atoms. The highest BCUT2D eigenvalue weighted by Gasteiger charge is 2.17. The van der Waals surface area contributed by atoms with Gasteiger partial charge >= 0.3 is 0 Å². The second-order valence-electron chi connectivity index (χ2n) is 5.28. The maximum absolute atomic E-state index is 13.0. The van der Waals surface area contributed by atoms with Gasteiger partial charge in [0, 0.05) is 24.2 Å². The molecule has 5 heteroatoms. The van der Waals surface area contributed by atoms with Crippen molar-refractivity contribution in [1.82, 2.24) is 10.3 Å². The maximum Gasteiger partial charge on any atom is 0.190 e. The number of nitrogens with one attached hydrogen (secondary N) is 1. The van der Waals surface area contributed by atoms with E-state index in [-0.39, 0.29) is 5.82 Å². The molecule has 0 saturated heterocycles.